The number of alkyl carbamates (subject to hydrolysis) is 1. The van der Waals surface area contributed by atoms with Gasteiger partial charge in [0.1, 0.15) is 6.61 Å². The van der Waals surface area contributed by atoms with Crippen LogP contribution >= 0.6 is 0 Å². The Morgan fingerprint density at radius 1 is 1.06 bits per heavy atom. The summed E-state index contributed by atoms with van der Waals surface area (Å²) in [5.74, 6) is -1.40. The molecule has 1 saturated carbocycles. The average molecular weight is 465 g/mol. The quantitative estimate of drug-likeness (QED) is 0.514. The minimum Gasteiger partial charge on any atom is -0.481 e. The van der Waals surface area contributed by atoms with Crippen LogP contribution < -0.4 is 5.32 Å². The molecule has 0 heterocycles. The van der Waals surface area contributed by atoms with Crippen LogP contribution in [0.25, 0.3) is 11.1 Å². The molecule has 2 aliphatic carbocycles. The number of hydrogen-bond acceptors (Lipinski definition) is 4. The lowest BCUT2D eigenvalue weighted by Crippen LogP contribution is -2.43. The predicted octanol–water partition coefficient (Wildman–Crippen LogP) is 4.41. The highest BCUT2D eigenvalue weighted by atomic mass is 16.5. The van der Waals surface area contributed by atoms with E-state index in [0.29, 0.717) is 6.42 Å². The van der Waals surface area contributed by atoms with E-state index in [1.54, 1.807) is 4.90 Å². The van der Waals surface area contributed by atoms with Crippen molar-refractivity contribution >= 4 is 18.0 Å². The Bertz CT molecular complexity index is 1000. The Hall–Kier alpha value is -3.35. The van der Waals surface area contributed by atoms with Crippen LogP contribution in [0.4, 0.5) is 4.79 Å². The fourth-order valence-corrected chi connectivity index (χ4v) is 4.83. The van der Waals surface area contributed by atoms with Crippen LogP contribution in [0, 0.1) is 5.92 Å². The molecule has 2 aliphatic rings. The molecule has 0 saturated heterocycles. The molecule has 0 spiro atoms. The van der Waals surface area contributed by atoms with Gasteiger partial charge in [0, 0.05) is 25.0 Å². The number of carbonyl (C=O) groups is 3. The lowest BCUT2D eigenvalue weighted by Gasteiger charge is -2.27. The van der Waals surface area contributed by atoms with E-state index >= 15 is 0 Å². The van der Waals surface area contributed by atoms with Crippen molar-refractivity contribution in [3.8, 4) is 11.1 Å². The molecule has 1 fully saturated rings. The third-order valence-corrected chi connectivity index (χ3v) is 6.66. The Morgan fingerprint density at radius 2 is 1.68 bits per heavy atom. The molecule has 4 rings (SSSR count). The van der Waals surface area contributed by atoms with E-state index in [9.17, 15) is 14.4 Å². The number of fused-ring (bicyclic) bond motifs is 3. The number of carbonyl (C=O) groups excluding carboxylic acids is 2. The highest BCUT2D eigenvalue weighted by Crippen LogP contribution is 2.44. The smallest absolute Gasteiger partial charge is 0.407 e. The monoisotopic (exact) mass is 464 g/mol. The molecule has 1 unspecified atom stereocenters. The van der Waals surface area contributed by atoms with Gasteiger partial charge >= 0.3 is 12.1 Å². The van der Waals surface area contributed by atoms with E-state index in [1.807, 2.05) is 31.2 Å². The number of hydrogen-bond donors (Lipinski definition) is 2. The molecular formula is C27H32N2O5. The van der Waals surface area contributed by atoms with E-state index in [-0.39, 0.29) is 49.9 Å². The molecule has 2 N–H and O–H groups in total. The second-order valence-corrected chi connectivity index (χ2v) is 9.10. The van der Waals surface area contributed by atoms with E-state index in [1.165, 1.54) is 11.1 Å². The van der Waals surface area contributed by atoms with Gasteiger partial charge in [-0.25, -0.2) is 4.79 Å². The lowest BCUT2D eigenvalue weighted by atomic mass is 9.98. The summed E-state index contributed by atoms with van der Waals surface area (Å²) in [7, 11) is 0. The number of amides is 2. The van der Waals surface area contributed by atoms with Crippen molar-refractivity contribution in [2.45, 2.75) is 51.0 Å². The number of carboxylic acids is 1. The fourth-order valence-electron chi connectivity index (χ4n) is 4.83. The third-order valence-electron chi connectivity index (χ3n) is 6.66. The molecule has 2 aromatic rings. The summed E-state index contributed by atoms with van der Waals surface area (Å²) in [5, 5.41) is 11.8. The number of rotatable bonds is 11. The maximum Gasteiger partial charge on any atom is 0.407 e. The summed E-state index contributed by atoms with van der Waals surface area (Å²) in [6.07, 6.45) is 2.62. The lowest BCUT2D eigenvalue weighted by molar-refractivity contribution is -0.140. The van der Waals surface area contributed by atoms with Crippen molar-refractivity contribution in [2.75, 3.05) is 19.7 Å². The Kier molecular flexibility index (Phi) is 7.50. The van der Waals surface area contributed by atoms with Gasteiger partial charge in [-0.05, 0) is 41.5 Å². The molecule has 7 nitrogen and oxygen atoms in total. The van der Waals surface area contributed by atoms with E-state index in [2.05, 4.69) is 29.6 Å². The van der Waals surface area contributed by atoms with Gasteiger partial charge in [-0.1, -0.05) is 61.9 Å². The summed E-state index contributed by atoms with van der Waals surface area (Å²) in [4.78, 5) is 38.4. The molecule has 180 valence electrons. The largest absolute Gasteiger partial charge is 0.481 e. The minimum absolute atomic E-state index is 0.0207. The van der Waals surface area contributed by atoms with Crippen molar-refractivity contribution in [1.82, 2.24) is 10.2 Å². The van der Waals surface area contributed by atoms with Gasteiger partial charge in [0.15, 0.2) is 0 Å². The molecule has 1 atom stereocenters. The summed E-state index contributed by atoms with van der Waals surface area (Å²) in [6.45, 7) is 2.61. The van der Waals surface area contributed by atoms with Crippen LogP contribution in [0.15, 0.2) is 48.5 Å². The average Bonchev–Trinajstić information content (AvgIpc) is 3.62. The number of carboxylic acid groups (broad SMARTS) is 1. The van der Waals surface area contributed by atoms with Crippen LogP contribution in [-0.4, -0.2) is 53.7 Å². The SMILES string of the molecule is CCCC(CNC(=O)OCC1c2ccccc2-c2ccccc21)C(=O)N(CCC(=O)O)C1CC1. The number of benzene rings is 2. The van der Waals surface area contributed by atoms with E-state index in [0.717, 1.165) is 30.4 Å². The highest BCUT2D eigenvalue weighted by molar-refractivity contribution is 5.81. The Morgan fingerprint density at radius 3 is 2.24 bits per heavy atom. The van der Waals surface area contributed by atoms with E-state index < -0.39 is 12.1 Å². The first-order valence-corrected chi connectivity index (χ1v) is 12.1. The van der Waals surface area contributed by atoms with Gasteiger partial charge in [-0.3, -0.25) is 9.59 Å². The van der Waals surface area contributed by atoms with Crippen molar-refractivity contribution in [3.05, 3.63) is 59.7 Å². The second kappa shape index (κ2) is 10.7. The van der Waals surface area contributed by atoms with Crippen LogP contribution in [0.3, 0.4) is 0 Å². The summed E-state index contributed by atoms with van der Waals surface area (Å²) < 4.78 is 5.59. The summed E-state index contributed by atoms with van der Waals surface area (Å²) in [5.41, 5.74) is 4.63. The van der Waals surface area contributed by atoms with Crippen LogP contribution in [0.2, 0.25) is 0 Å². The first-order chi connectivity index (χ1) is 16.5. The Balaban J connectivity index is 1.34. The fraction of sp³-hybridized carbons (Fsp3) is 0.444. The number of ether oxygens (including phenoxy) is 1. The zero-order chi connectivity index (χ0) is 24.1. The van der Waals surface area contributed by atoms with Crippen LogP contribution in [-0.2, 0) is 14.3 Å². The maximum absolute atomic E-state index is 13.1. The number of nitrogens with one attached hydrogen (secondary N) is 1. The van der Waals surface area contributed by atoms with Gasteiger partial charge < -0.3 is 20.1 Å². The standard InChI is InChI=1S/C27H32N2O5/c1-2-7-18(26(32)29(19-12-13-19)15-14-25(30)31)16-28-27(33)34-17-24-22-10-5-3-8-20(22)21-9-4-6-11-23(21)24/h3-6,8-11,18-19,24H,2,7,12-17H2,1H3,(H,28,33)(H,30,31). The molecule has 2 aromatic carbocycles. The van der Waals surface area contributed by atoms with Crippen LogP contribution in [0.1, 0.15) is 56.1 Å². The maximum atomic E-state index is 13.1. The molecule has 0 aromatic heterocycles. The van der Waals surface area contributed by atoms with Crippen molar-refractivity contribution in [3.63, 3.8) is 0 Å². The molecule has 0 aliphatic heterocycles. The van der Waals surface area contributed by atoms with Crippen molar-refractivity contribution < 1.29 is 24.2 Å². The van der Waals surface area contributed by atoms with Crippen molar-refractivity contribution in [2.24, 2.45) is 5.92 Å². The zero-order valence-electron chi connectivity index (χ0n) is 19.5. The number of aliphatic carboxylic acids is 1. The molecule has 34 heavy (non-hydrogen) atoms. The van der Waals surface area contributed by atoms with Gasteiger partial charge in [-0.15, -0.1) is 0 Å². The van der Waals surface area contributed by atoms with E-state index in [4.69, 9.17) is 9.84 Å². The summed E-state index contributed by atoms with van der Waals surface area (Å²) >= 11 is 0. The van der Waals surface area contributed by atoms with Crippen molar-refractivity contribution in [1.29, 1.82) is 0 Å². The molecular weight excluding hydrogens is 432 g/mol. The van der Waals surface area contributed by atoms with Gasteiger partial charge in [0.05, 0.1) is 12.3 Å². The topological polar surface area (TPSA) is 95.9 Å². The zero-order valence-corrected chi connectivity index (χ0v) is 19.5. The normalized spacial score (nSPS) is 15.2. The van der Waals surface area contributed by atoms with Gasteiger partial charge in [0.25, 0.3) is 0 Å². The molecule has 7 heteroatoms. The third kappa shape index (κ3) is 5.41. The van der Waals surface area contributed by atoms with Gasteiger partial charge in [0.2, 0.25) is 5.91 Å². The molecule has 0 bridgehead atoms. The second-order valence-electron chi connectivity index (χ2n) is 9.10. The minimum atomic E-state index is -0.915. The molecule has 0 radical (unpaired) electrons. The van der Waals surface area contributed by atoms with Crippen LogP contribution in [0.5, 0.6) is 0 Å². The summed E-state index contributed by atoms with van der Waals surface area (Å²) in [6, 6.07) is 16.5. The highest BCUT2D eigenvalue weighted by Gasteiger charge is 2.36. The molecule has 2 amide bonds. The Labute approximate surface area is 200 Å². The first kappa shape index (κ1) is 23.8. The number of nitrogens with zero attached hydrogens (tertiary/aromatic N) is 1. The first-order valence-electron chi connectivity index (χ1n) is 12.1. The predicted molar refractivity (Wildman–Crippen MR) is 128 cm³/mol. The van der Waals surface area contributed by atoms with Gasteiger partial charge in [-0.2, -0.15) is 0 Å².